The number of nitrogens with zero attached hydrogens (tertiary/aromatic N) is 2. The molecule has 0 aliphatic heterocycles. The zero-order chi connectivity index (χ0) is 16.6. The Morgan fingerprint density at radius 1 is 1.09 bits per heavy atom. The van der Waals surface area contributed by atoms with Crippen molar-refractivity contribution in [2.45, 2.75) is 6.92 Å². The third-order valence-electron chi connectivity index (χ3n) is 3.82. The van der Waals surface area contributed by atoms with Gasteiger partial charge in [-0.25, -0.2) is 9.78 Å². The lowest BCUT2D eigenvalue weighted by atomic mass is 9.99. The molecule has 3 rings (SSSR count). The molecule has 0 spiro atoms. The van der Waals surface area contributed by atoms with Crippen LogP contribution < -0.4 is 4.90 Å². The van der Waals surface area contributed by atoms with Crippen molar-refractivity contribution >= 4 is 22.6 Å². The van der Waals surface area contributed by atoms with E-state index in [4.69, 9.17) is 0 Å². The van der Waals surface area contributed by atoms with Gasteiger partial charge in [0.1, 0.15) is 5.56 Å². The summed E-state index contributed by atoms with van der Waals surface area (Å²) >= 11 is 0. The van der Waals surface area contributed by atoms with Crippen LogP contribution in [-0.2, 0) is 0 Å². The average Bonchev–Trinajstić information content (AvgIpc) is 2.53. The van der Waals surface area contributed by atoms with Gasteiger partial charge in [-0.1, -0.05) is 42.0 Å². The molecule has 0 fully saturated rings. The summed E-state index contributed by atoms with van der Waals surface area (Å²) in [7, 11) is 3.72. The highest BCUT2D eigenvalue weighted by molar-refractivity contribution is 6.09. The Labute approximate surface area is 135 Å². The smallest absolute Gasteiger partial charge is 0.340 e. The largest absolute Gasteiger partial charge is 0.478 e. The molecule has 4 heteroatoms. The van der Waals surface area contributed by atoms with Gasteiger partial charge in [-0.2, -0.15) is 0 Å². The van der Waals surface area contributed by atoms with Crippen molar-refractivity contribution in [3.8, 4) is 11.3 Å². The molecule has 0 unspecified atom stereocenters. The van der Waals surface area contributed by atoms with Crippen LogP contribution in [0.4, 0.5) is 5.69 Å². The number of pyridine rings is 1. The Morgan fingerprint density at radius 3 is 2.39 bits per heavy atom. The molecule has 116 valence electrons. The van der Waals surface area contributed by atoms with Crippen LogP contribution in [0.3, 0.4) is 0 Å². The lowest BCUT2D eigenvalue weighted by molar-refractivity contribution is 0.0698. The molecule has 23 heavy (non-hydrogen) atoms. The molecule has 0 aliphatic carbocycles. The average molecular weight is 306 g/mol. The molecule has 2 aromatic carbocycles. The van der Waals surface area contributed by atoms with Gasteiger partial charge in [-0.3, -0.25) is 0 Å². The maximum Gasteiger partial charge on any atom is 0.340 e. The standard InChI is InChI=1S/C19H18N2O2/c1-12-9-10-15-14(11-12)18(21(2)3)16(19(22)23)17(20-15)13-7-5-4-6-8-13/h4-11H,1-3H3,(H,22,23). The predicted molar refractivity (Wildman–Crippen MR) is 93.2 cm³/mol. The molecular formula is C19H18N2O2. The third kappa shape index (κ3) is 2.63. The summed E-state index contributed by atoms with van der Waals surface area (Å²) in [5.74, 6) is -0.969. The highest BCUT2D eigenvalue weighted by Gasteiger charge is 2.23. The predicted octanol–water partition coefficient (Wildman–Crippen LogP) is 3.97. The number of carboxylic acid groups (broad SMARTS) is 1. The zero-order valence-corrected chi connectivity index (χ0v) is 13.4. The molecule has 0 amide bonds. The molecule has 0 radical (unpaired) electrons. The second-order valence-corrected chi connectivity index (χ2v) is 5.77. The van der Waals surface area contributed by atoms with Crippen molar-refractivity contribution in [1.29, 1.82) is 0 Å². The van der Waals surface area contributed by atoms with Crippen molar-refractivity contribution in [2.24, 2.45) is 0 Å². The van der Waals surface area contributed by atoms with Crippen LogP contribution in [0.15, 0.2) is 48.5 Å². The van der Waals surface area contributed by atoms with Gasteiger partial charge in [0.2, 0.25) is 0 Å². The van der Waals surface area contributed by atoms with E-state index >= 15 is 0 Å². The third-order valence-corrected chi connectivity index (χ3v) is 3.82. The molecule has 0 saturated carbocycles. The van der Waals surface area contributed by atoms with E-state index < -0.39 is 5.97 Å². The number of rotatable bonds is 3. The van der Waals surface area contributed by atoms with Crippen LogP contribution in [0.2, 0.25) is 0 Å². The monoisotopic (exact) mass is 306 g/mol. The molecule has 0 aliphatic rings. The highest BCUT2D eigenvalue weighted by atomic mass is 16.4. The van der Waals surface area contributed by atoms with Gasteiger partial charge in [0.15, 0.2) is 0 Å². The first-order valence-corrected chi connectivity index (χ1v) is 7.39. The van der Waals surface area contributed by atoms with Crippen LogP contribution in [0, 0.1) is 6.92 Å². The topological polar surface area (TPSA) is 53.4 Å². The van der Waals surface area contributed by atoms with E-state index in [1.54, 1.807) is 0 Å². The van der Waals surface area contributed by atoms with Crippen molar-refractivity contribution in [1.82, 2.24) is 4.98 Å². The second-order valence-electron chi connectivity index (χ2n) is 5.77. The minimum atomic E-state index is -0.969. The van der Waals surface area contributed by atoms with Gasteiger partial charge in [0, 0.05) is 25.0 Å². The summed E-state index contributed by atoms with van der Waals surface area (Å²) in [6.45, 7) is 1.99. The number of hydrogen-bond donors (Lipinski definition) is 1. The fourth-order valence-electron chi connectivity index (χ4n) is 2.83. The minimum Gasteiger partial charge on any atom is -0.478 e. The van der Waals surface area contributed by atoms with Gasteiger partial charge >= 0.3 is 5.97 Å². The Hall–Kier alpha value is -2.88. The highest BCUT2D eigenvalue weighted by Crippen LogP contribution is 2.35. The molecule has 0 atom stereocenters. The van der Waals surface area contributed by atoms with Gasteiger partial charge in [-0.15, -0.1) is 0 Å². The number of anilines is 1. The lowest BCUT2D eigenvalue weighted by Gasteiger charge is -2.21. The van der Waals surface area contributed by atoms with Gasteiger partial charge in [0.25, 0.3) is 0 Å². The summed E-state index contributed by atoms with van der Waals surface area (Å²) in [6.07, 6.45) is 0. The lowest BCUT2D eigenvalue weighted by Crippen LogP contribution is -2.16. The molecule has 0 saturated heterocycles. The minimum absolute atomic E-state index is 0.235. The first-order chi connectivity index (χ1) is 11.0. The Morgan fingerprint density at radius 2 is 1.78 bits per heavy atom. The molecule has 0 bridgehead atoms. The molecular weight excluding hydrogens is 288 g/mol. The quantitative estimate of drug-likeness (QED) is 0.795. The number of aromatic carboxylic acids is 1. The van der Waals surface area contributed by atoms with E-state index in [0.717, 1.165) is 22.0 Å². The SMILES string of the molecule is Cc1ccc2nc(-c3ccccc3)c(C(=O)O)c(N(C)C)c2c1. The second kappa shape index (κ2) is 5.72. The van der Waals surface area contributed by atoms with Crippen LogP contribution in [-0.4, -0.2) is 30.2 Å². The van der Waals surface area contributed by atoms with Crippen molar-refractivity contribution in [3.63, 3.8) is 0 Å². The van der Waals surface area contributed by atoms with Crippen molar-refractivity contribution < 1.29 is 9.90 Å². The summed E-state index contributed by atoms with van der Waals surface area (Å²) < 4.78 is 0. The molecule has 1 aromatic heterocycles. The molecule has 1 heterocycles. The summed E-state index contributed by atoms with van der Waals surface area (Å²) in [4.78, 5) is 18.5. The van der Waals surface area contributed by atoms with E-state index in [0.29, 0.717) is 11.4 Å². The first kappa shape index (κ1) is 15.0. The number of aryl methyl sites for hydroxylation is 1. The number of carboxylic acids is 1. The van der Waals surface area contributed by atoms with Crippen molar-refractivity contribution in [3.05, 3.63) is 59.7 Å². The Balaban J connectivity index is 2.47. The van der Waals surface area contributed by atoms with Crippen molar-refractivity contribution in [2.75, 3.05) is 19.0 Å². The molecule has 3 aromatic rings. The fourth-order valence-corrected chi connectivity index (χ4v) is 2.83. The van der Waals surface area contributed by atoms with Crippen LogP contribution >= 0.6 is 0 Å². The van der Waals surface area contributed by atoms with Crippen LogP contribution in [0.5, 0.6) is 0 Å². The number of fused-ring (bicyclic) bond motifs is 1. The summed E-state index contributed by atoms with van der Waals surface area (Å²) in [6, 6.07) is 15.4. The maximum absolute atomic E-state index is 12.0. The Kier molecular flexibility index (Phi) is 3.74. The fraction of sp³-hybridized carbons (Fsp3) is 0.158. The number of benzene rings is 2. The summed E-state index contributed by atoms with van der Waals surface area (Å²) in [5, 5.41) is 10.7. The van der Waals surface area contributed by atoms with E-state index in [2.05, 4.69) is 4.98 Å². The summed E-state index contributed by atoms with van der Waals surface area (Å²) in [5.41, 5.74) is 4.09. The number of aromatic nitrogens is 1. The number of carbonyl (C=O) groups is 1. The number of hydrogen-bond acceptors (Lipinski definition) is 3. The van der Waals surface area contributed by atoms with E-state index in [9.17, 15) is 9.90 Å². The zero-order valence-electron chi connectivity index (χ0n) is 13.4. The van der Waals surface area contributed by atoms with E-state index in [1.807, 2.05) is 74.4 Å². The normalized spacial score (nSPS) is 10.7. The molecule has 4 nitrogen and oxygen atoms in total. The Bertz CT molecular complexity index is 887. The van der Waals surface area contributed by atoms with Gasteiger partial charge in [-0.05, 0) is 19.1 Å². The van der Waals surface area contributed by atoms with E-state index in [1.165, 1.54) is 0 Å². The maximum atomic E-state index is 12.0. The molecule has 1 N–H and O–H groups in total. The first-order valence-electron chi connectivity index (χ1n) is 7.39. The van der Waals surface area contributed by atoms with Crippen LogP contribution in [0.25, 0.3) is 22.2 Å². The van der Waals surface area contributed by atoms with E-state index in [-0.39, 0.29) is 5.56 Å². The van der Waals surface area contributed by atoms with Gasteiger partial charge < -0.3 is 10.0 Å². The van der Waals surface area contributed by atoms with Crippen LogP contribution in [0.1, 0.15) is 15.9 Å². The van der Waals surface area contributed by atoms with Gasteiger partial charge in [0.05, 0.1) is 16.9 Å².